The van der Waals surface area contributed by atoms with Crippen LogP contribution in [0.2, 0.25) is 5.02 Å². The summed E-state index contributed by atoms with van der Waals surface area (Å²) in [6.45, 7) is -0.176. The summed E-state index contributed by atoms with van der Waals surface area (Å²) in [6.07, 6.45) is 0.560. The van der Waals surface area contributed by atoms with Gasteiger partial charge >= 0.3 is 0 Å². The van der Waals surface area contributed by atoms with Crippen LogP contribution in [0, 0.1) is 11.6 Å². The molecule has 3 nitrogen and oxygen atoms in total. The summed E-state index contributed by atoms with van der Waals surface area (Å²) in [4.78, 5) is 11.1. The summed E-state index contributed by atoms with van der Waals surface area (Å²) in [5, 5.41) is 0.314. The number of carbonyl (C=O) groups is 1. The van der Waals surface area contributed by atoms with Gasteiger partial charge < -0.3 is 9.47 Å². The lowest BCUT2D eigenvalue weighted by atomic mass is 10.2. The average molecular weight is 313 g/mol. The highest BCUT2D eigenvalue weighted by atomic mass is 35.5. The first-order chi connectivity index (χ1) is 10.0. The number of aldehydes is 1. The minimum absolute atomic E-state index is 0.153. The molecule has 0 heterocycles. The molecule has 0 aliphatic carbocycles. The van der Waals surface area contributed by atoms with E-state index in [9.17, 15) is 13.6 Å². The van der Waals surface area contributed by atoms with Crippen LogP contribution in [0.4, 0.5) is 8.78 Å². The first-order valence-corrected chi connectivity index (χ1v) is 6.32. The molecule has 0 fully saturated rings. The lowest BCUT2D eigenvalue weighted by molar-refractivity contribution is 0.111. The summed E-state index contributed by atoms with van der Waals surface area (Å²) in [5.41, 5.74) is 0.340. The highest BCUT2D eigenvalue weighted by Crippen LogP contribution is 2.34. The van der Waals surface area contributed by atoms with E-state index in [-0.39, 0.29) is 29.2 Å². The molecule has 0 saturated carbocycles. The van der Waals surface area contributed by atoms with Crippen molar-refractivity contribution in [3.8, 4) is 11.5 Å². The molecule has 2 aromatic carbocycles. The maximum absolute atomic E-state index is 13.5. The van der Waals surface area contributed by atoms with E-state index in [2.05, 4.69) is 0 Å². The normalized spacial score (nSPS) is 10.3. The van der Waals surface area contributed by atoms with Crippen LogP contribution in [0.15, 0.2) is 30.3 Å². The Morgan fingerprint density at radius 2 is 2.00 bits per heavy atom. The summed E-state index contributed by atoms with van der Waals surface area (Å²) in [5.74, 6) is -0.989. The van der Waals surface area contributed by atoms with Gasteiger partial charge in [-0.15, -0.1) is 0 Å². The number of benzene rings is 2. The van der Waals surface area contributed by atoms with Crippen molar-refractivity contribution in [1.82, 2.24) is 0 Å². The van der Waals surface area contributed by atoms with Gasteiger partial charge in [0.2, 0.25) is 0 Å². The number of rotatable bonds is 5. The Bertz CT molecular complexity index is 674. The van der Waals surface area contributed by atoms with Crippen molar-refractivity contribution in [2.24, 2.45) is 0 Å². The Kier molecular flexibility index (Phi) is 4.75. The molecule has 6 heteroatoms. The van der Waals surface area contributed by atoms with Crippen LogP contribution >= 0.6 is 11.6 Å². The zero-order valence-electron chi connectivity index (χ0n) is 11.0. The Labute approximate surface area is 125 Å². The molecule has 2 aromatic rings. The predicted molar refractivity (Wildman–Crippen MR) is 74.1 cm³/mol. The van der Waals surface area contributed by atoms with Gasteiger partial charge in [-0.25, -0.2) is 8.78 Å². The average Bonchev–Trinajstić information content (AvgIpc) is 2.46. The van der Waals surface area contributed by atoms with Crippen LogP contribution < -0.4 is 9.47 Å². The fourth-order valence-corrected chi connectivity index (χ4v) is 1.99. The fraction of sp³-hybridized carbons (Fsp3) is 0.133. The molecule has 0 amide bonds. The van der Waals surface area contributed by atoms with Crippen LogP contribution in [0.3, 0.4) is 0 Å². The Morgan fingerprint density at radius 3 is 2.62 bits per heavy atom. The van der Waals surface area contributed by atoms with E-state index in [1.807, 2.05) is 0 Å². The number of carbonyl (C=O) groups excluding carboxylic acids is 1. The Balaban J connectivity index is 2.29. The summed E-state index contributed by atoms with van der Waals surface area (Å²) in [7, 11) is 1.39. The van der Waals surface area contributed by atoms with Gasteiger partial charge in [0.1, 0.15) is 18.2 Å². The van der Waals surface area contributed by atoms with Crippen LogP contribution in [0.25, 0.3) is 0 Å². The number of methoxy groups -OCH3 is 1. The number of hydrogen-bond acceptors (Lipinski definition) is 3. The van der Waals surface area contributed by atoms with Crippen LogP contribution in [0.1, 0.15) is 15.9 Å². The van der Waals surface area contributed by atoms with Gasteiger partial charge in [-0.1, -0.05) is 11.6 Å². The molecule has 2 rings (SSSR count). The second-order valence-electron chi connectivity index (χ2n) is 4.17. The summed E-state index contributed by atoms with van der Waals surface area (Å²) >= 11 is 5.84. The van der Waals surface area contributed by atoms with Crippen molar-refractivity contribution in [2.45, 2.75) is 6.61 Å². The standard InChI is InChI=1S/C15H11ClF2O3/c1-20-14-5-11(16)4-10(7-19)15(14)21-8-9-2-3-12(17)6-13(9)18/h2-7H,8H2,1H3. The summed E-state index contributed by atoms with van der Waals surface area (Å²) in [6, 6.07) is 6.05. The minimum Gasteiger partial charge on any atom is -0.493 e. The van der Waals surface area contributed by atoms with Crippen LogP contribution in [-0.2, 0) is 6.61 Å². The molecule has 0 N–H and O–H groups in total. The van der Waals surface area contributed by atoms with E-state index >= 15 is 0 Å². The topological polar surface area (TPSA) is 35.5 Å². The van der Waals surface area contributed by atoms with E-state index < -0.39 is 11.6 Å². The van der Waals surface area contributed by atoms with Crippen molar-refractivity contribution < 1.29 is 23.0 Å². The molecule has 110 valence electrons. The zero-order valence-corrected chi connectivity index (χ0v) is 11.8. The lowest BCUT2D eigenvalue weighted by Gasteiger charge is -2.13. The zero-order chi connectivity index (χ0) is 15.4. The van der Waals surface area contributed by atoms with Crippen LogP contribution in [0.5, 0.6) is 11.5 Å². The van der Waals surface area contributed by atoms with Crippen molar-refractivity contribution in [3.05, 3.63) is 58.1 Å². The fourth-order valence-electron chi connectivity index (χ4n) is 1.77. The predicted octanol–water partition coefficient (Wildman–Crippen LogP) is 4.02. The molecule has 0 atom stereocenters. The van der Waals surface area contributed by atoms with Gasteiger partial charge in [0, 0.05) is 22.7 Å². The molecule has 0 aliphatic rings. The van der Waals surface area contributed by atoms with Gasteiger partial charge in [-0.3, -0.25) is 4.79 Å². The number of halogens is 3. The largest absolute Gasteiger partial charge is 0.493 e. The first-order valence-electron chi connectivity index (χ1n) is 5.94. The molecule has 0 radical (unpaired) electrons. The van der Waals surface area contributed by atoms with E-state index in [0.717, 1.165) is 12.1 Å². The number of ether oxygens (including phenoxy) is 2. The van der Waals surface area contributed by atoms with Gasteiger partial charge in [-0.2, -0.15) is 0 Å². The quantitative estimate of drug-likeness (QED) is 0.782. The second-order valence-corrected chi connectivity index (χ2v) is 4.61. The second kappa shape index (κ2) is 6.54. The Hall–Kier alpha value is -2.14. The third-order valence-corrected chi connectivity index (χ3v) is 3.00. The van der Waals surface area contributed by atoms with Crippen molar-refractivity contribution in [3.63, 3.8) is 0 Å². The molecule has 0 aliphatic heterocycles. The molecular formula is C15H11ClF2O3. The van der Waals surface area contributed by atoms with E-state index in [1.54, 1.807) is 0 Å². The summed E-state index contributed by atoms with van der Waals surface area (Å²) < 4.78 is 36.9. The lowest BCUT2D eigenvalue weighted by Crippen LogP contribution is -2.03. The van der Waals surface area contributed by atoms with Gasteiger partial charge in [0.15, 0.2) is 17.8 Å². The first kappa shape index (κ1) is 15.3. The molecule has 0 unspecified atom stereocenters. The third-order valence-electron chi connectivity index (χ3n) is 2.78. The molecule has 0 saturated heterocycles. The Morgan fingerprint density at radius 1 is 1.24 bits per heavy atom. The molecule has 21 heavy (non-hydrogen) atoms. The SMILES string of the molecule is COc1cc(Cl)cc(C=O)c1OCc1ccc(F)cc1F. The van der Waals surface area contributed by atoms with Crippen molar-refractivity contribution in [2.75, 3.05) is 7.11 Å². The maximum Gasteiger partial charge on any atom is 0.172 e. The maximum atomic E-state index is 13.5. The minimum atomic E-state index is -0.726. The van der Waals surface area contributed by atoms with E-state index in [4.69, 9.17) is 21.1 Å². The van der Waals surface area contributed by atoms with E-state index in [0.29, 0.717) is 11.3 Å². The van der Waals surface area contributed by atoms with E-state index in [1.165, 1.54) is 25.3 Å². The van der Waals surface area contributed by atoms with Gasteiger partial charge in [0.25, 0.3) is 0 Å². The highest BCUT2D eigenvalue weighted by Gasteiger charge is 2.14. The van der Waals surface area contributed by atoms with Crippen molar-refractivity contribution in [1.29, 1.82) is 0 Å². The molecule has 0 spiro atoms. The highest BCUT2D eigenvalue weighted by molar-refractivity contribution is 6.31. The third kappa shape index (κ3) is 3.49. The van der Waals surface area contributed by atoms with Gasteiger partial charge in [0.05, 0.1) is 12.7 Å². The van der Waals surface area contributed by atoms with Gasteiger partial charge in [-0.05, 0) is 18.2 Å². The molecule has 0 bridgehead atoms. The van der Waals surface area contributed by atoms with Crippen LogP contribution in [-0.4, -0.2) is 13.4 Å². The molecule has 0 aromatic heterocycles. The smallest absolute Gasteiger partial charge is 0.172 e. The monoisotopic (exact) mass is 312 g/mol. The number of hydrogen-bond donors (Lipinski definition) is 0. The van der Waals surface area contributed by atoms with Crippen molar-refractivity contribution >= 4 is 17.9 Å². The molecular weight excluding hydrogens is 302 g/mol.